The second kappa shape index (κ2) is 6.12. The van der Waals surface area contributed by atoms with Crippen molar-refractivity contribution in [3.63, 3.8) is 0 Å². The molecule has 0 bridgehead atoms. The first-order valence-corrected chi connectivity index (χ1v) is 7.76. The molecule has 1 aromatic heterocycles. The average molecular weight is 325 g/mol. The highest BCUT2D eigenvalue weighted by Gasteiger charge is 2.34. The lowest BCUT2D eigenvalue weighted by Gasteiger charge is -2.21. The van der Waals surface area contributed by atoms with Crippen molar-refractivity contribution in [3.05, 3.63) is 22.8 Å². The van der Waals surface area contributed by atoms with Gasteiger partial charge in [0.05, 0.1) is 12.2 Å². The van der Waals surface area contributed by atoms with Crippen LogP contribution in [0.1, 0.15) is 36.0 Å². The van der Waals surface area contributed by atoms with Crippen molar-refractivity contribution in [1.29, 1.82) is 0 Å². The van der Waals surface area contributed by atoms with Gasteiger partial charge in [-0.2, -0.15) is 0 Å². The van der Waals surface area contributed by atoms with Crippen LogP contribution in [0, 0.1) is 5.92 Å². The highest BCUT2D eigenvalue weighted by atomic mass is 35.5. The third-order valence-electron chi connectivity index (χ3n) is 4.01. The number of hydrogen-bond donors (Lipinski definition) is 1. The lowest BCUT2D eigenvalue weighted by molar-refractivity contribution is -0.141. The van der Waals surface area contributed by atoms with Crippen molar-refractivity contribution < 1.29 is 19.4 Å². The Hall–Kier alpha value is -1.82. The summed E-state index contributed by atoms with van der Waals surface area (Å²) in [5, 5.41) is 9.43. The average Bonchev–Trinajstić information content (AvgIpc) is 3.18. The number of ether oxygens (including phenoxy) is 1. The molecule has 1 amide bonds. The molecule has 2 heterocycles. The van der Waals surface area contributed by atoms with Crippen molar-refractivity contribution in [1.82, 2.24) is 9.88 Å². The molecule has 1 saturated heterocycles. The summed E-state index contributed by atoms with van der Waals surface area (Å²) in [5.41, 5.74) is 0.289. The summed E-state index contributed by atoms with van der Waals surface area (Å²) in [5.74, 6) is -0.427. The second-order valence-electron chi connectivity index (χ2n) is 5.76. The third kappa shape index (κ3) is 3.16. The van der Waals surface area contributed by atoms with E-state index in [9.17, 15) is 9.59 Å². The number of hydrogen-bond acceptors (Lipinski definition) is 4. The fourth-order valence-electron chi connectivity index (χ4n) is 2.56. The minimum atomic E-state index is -0.978. The maximum absolute atomic E-state index is 12.4. The predicted octanol–water partition coefficient (Wildman–Crippen LogP) is 2.21. The Kier molecular flexibility index (Phi) is 4.20. The Bertz CT molecular complexity index is 603. The van der Waals surface area contributed by atoms with Crippen LogP contribution in [0.25, 0.3) is 0 Å². The fraction of sp³-hybridized carbons (Fsp3) is 0.533. The van der Waals surface area contributed by atoms with Gasteiger partial charge in [-0.3, -0.25) is 4.79 Å². The van der Waals surface area contributed by atoms with Gasteiger partial charge in [-0.05, 0) is 37.7 Å². The molecular formula is C15H17ClN2O4. The van der Waals surface area contributed by atoms with Gasteiger partial charge in [-0.15, -0.1) is 0 Å². The summed E-state index contributed by atoms with van der Waals surface area (Å²) in [6, 6.07) is 0.730. The van der Waals surface area contributed by atoms with Crippen molar-refractivity contribution >= 4 is 23.5 Å². The number of carboxylic acids is 1. The number of likely N-dealkylation sites (tertiary alicyclic amines) is 1. The number of carbonyl (C=O) groups is 2. The number of rotatable bonds is 5. The van der Waals surface area contributed by atoms with Gasteiger partial charge in [0.15, 0.2) is 0 Å². The van der Waals surface area contributed by atoms with Gasteiger partial charge in [0.25, 0.3) is 5.91 Å². The number of aliphatic carboxylic acids is 1. The summed E-state index contributed by atoms with van der Waals surface area (Å²) in [4.78, 5) is 29.0. The van der Waals surface area contributed by atoms with E-state index in [1.165, 1.54) is 30.0 Å². The third-order valence-corrected chi connectivity index (χ3v) is 4.28. The first kappa shape index (κ1) is 15.1. The van der Waals surface area contributed by atoms with Crippen LogP contribution in [0.4, 0.5) is 0 Å². The molecular weight excluding hydrogens is 308 g/mol. The molecule has 1 aliphatic heterocycles. The molecule has 1 aliphatic carbocycles. The van der Waals surface area contributed by atoms with Crippen molar-refractivity contribution in [2.24, 2.45) is 5.92 Å². The number of carbonyl (C=O) groups excluding carboxylic acids is 1. The largest absolute Gasteiger partial charge is 0.480 e. The minimum absolute atomic E-state index is 0.276. The number of nitrogens with zero attached hydrogens (tertiary/aromatic N) is 2. The van der Waals surface area contributed by atoms with Crippen LogP contribution in [0.3, 0.4) is 0 Å². The highest BCUT2D eigenvalue weighted by Crippen LogP contribution is 2.31. The Labute approximate surface area is 133 Å². The van der Waals surface area contributed by atoms with E-state index in [-0.39, 0.29) is 16.5 Å². The van der Waals surface area contributed by atoms with Crippen LogP contribution in [0.2, 0.25) is 5.02 Å². The van der Waals surface area contributed by atoms with Crippen LogP contribution in [0.15, 0.2) is 12.3 Å². The molecule has 1 saturated carbocycles. The van der Waals surface area contributed by atoms with Crippen LogP contribution in [-0.4, -0.2) is 46.1 Å². The van der Waals surface area contributed by atoms with Crippen LogP contribution >= 0.6 is 11.6 Å². The maximum atomic E-state index is 12.4. The smallest absolute Gasteiger partial charge is 0.326 e. The Morgan fingerprint density at radius 1 is 1.41 bits per heavy atom. The summed E-state index contributed by atoms with van der Waals surface area (Å²) in [7, 11) is 0. The highest BCUT2D eigenvalue weighted by molar-refractivity contribution is 6.32. The number of aromatic nitrogens is 1. The second-order valence-corrected chi connectivity index (χ2v) is 6.17. The van der Waals surface area contributed by atoms with Crippen LogP contribution in [-0.2, 0) is 4.79 Å². The molecule has 22 heavy (non-hydrogen) atoms. The molecule has 3 rings (SSSR count). The van der Waals surface area contributed by atoms with Gasteiger partial charge in [0, 0.05) is 12.7 Å². The number of pyridine rings is 1. The van der Waals surface area contributed by atoms with E-state index >= 15 is 0 Å². The molecule has 2 fully saturated rings. The number of amides is 1. The zero-order chi connectivity index (χ0) is 15.7. The quantitative estimate of drug-likeness (QED) is 0.898. The molecule has 1 atom stereocenters. The van der Waals surface area contributed by atoms with Gasteiger partial charge in [-0.25, -0.2) is 9.78 Å². The molecule has 6 nitrogen and oxygen atoms in total. The molecule has 7 heteroatoms. The first-order valence-electron chi connectivity index (χ1n) is 7.38. The van der Waals surface area contributed by atoms with E-state index in [4.69, 9.17) is 21.4 Å². The Balaban J connectivity index is 1.72. The van der Waals surface area contributed by atoms with Crippen LogP contribution < -0.4 is 4.74 Å². The van der Waals surface area contributed by atoms with E-state index in [2.05, 4.69) is 4.98 Å². The van der Waals surface area contributed by atoms with Gasteiger partial charge in [0.1, 0.15) is 11.1 Å². The van der Waals surface area contributed by atoms with Gasteiger partial charge >= 0.3 is 5.97 Å². The summed E-state index contributed by atoms with van der Waals surface area (Å²) in [6.07, 6.45) is 4.89. The molecule has 1 aromatic rings. The van der Waals surface area contributed by atoms with Crippen molar-refractivity contribution in [2.75, 3.05) is 13.2 Å². The fourth-order valence-corrected chi connectivity index (χ4v) is 2.78. The van der Waals surface area contributed by atoms with E-state index in [1.807, 2.05) is 0 Å². The van der Waals surface area contributed by atoms with Crippen LogP contribution in [0.5, 0.6) is 5.88 Å². The Morgan fingerprint density at radius 3 is 2.82 bits per heavy atom. The standard InChI is InChI=1S/C15H17ClN2O4/c16-11-6-10(7-17-13(11)22-8-9-3-4-9)14(19)18-5-1-2-12(18)15(20)21/h6-7,9,12H,1-5,8H2,(H,20,21)/t12-/m1/s1. The molecule has 0 radical (unpaired) electrons. The first-order chi connectivity index (χ1) is 10.6. The zero-order valence-corrected chi connectivity index (χ0v) is 12.8. The number of carboxylic acid groups (broad SMARTS) is 1. The van der Waals surface area contributed by atoms with E-state index in [1.54, 1.807) is 0 Å². The molecule has 2 aliphatic rings. The maximum Gasteiger partial charge on any atom is 0.326 e. The molecule has 118 valence electrons. The molecule has 0 spiro atoms. The summed E-state index contributed by atoms with van der Waals surface area (Å²) >= 11 is 6.11. The van der Waals surface area contributed by atoms with E-state index in [0.29, 0.717) is 37.8 Å². The molecule has 0 aromatic carbocycles. The van der Waals surface area contributed by atoms with E-state index < -0.39 is 12.0 Å². The van der Waals surface area contributed by atoms with E-state index in [0.717, 1.165) is 0 Å². The SMILES string of the molecule is O=C(O)[C@H]1CCCN1C(=O)c1cnc(OCC2CC2)c(Cl)c1. The minimum Gasteiger partial charge on any atom is -0.480 e. The van der Waals surface area contributed by atoms with Crippen molar-refractivity contribution in [2.45, 2.75) is 31.7 Å². The Morgan fingerprint density at radius 2 is 2.18 bits per heavy atom. The topological polar surface area (TPSA) is 79.7 Å². The molecule has 0 unspecified atom stereocenters. The normalized spacial score (nSPS) is 21.0. The summed E-state index contributed by atoms with van der Waals surface area (Å²) < 4.78 is 5.52. The molecule has 1 N–H and O–H groups in total. The van der Waals surface area contributed by atoms with Gasteiger partial charge < -0.3 is 14.7 Å². The zero-order valence-electron chi connectivity index (χ0n) is 12.0. The van der Waals surface area contributed by atoms with Gasteiger partial charge in [0.2, 0.25) is 5.88 Å². The number of halogens is 1. The predicted molar refractivity (Wildman–Crippen MR) is 79.2 cm³/mol. The van der Waals surface area contributed by atoms with Crippen molar-refractivity contribution in [3.8, 4) is 5.88 Å². The summed E-state index contributed by atoms with van der Waals surface area (Å²) in [6.45, 7) is 1.03. The monoisotopic (exact) mass is 324 g/mol. The lowest BCUT2D eigenvalue weighted by atomic mass is 10.2. The van der Waals surface area contributed by atoms with Gasteiger partial charge in [-0.1, -0.05) is 11.6 Å². The lowest BCUT2D eigenvalue weighted by Crippen LogP contribution is -2.40.